The molecule has 0 bridgehead atoms. The zero-order valence-electron chi connectivity index (χ0n) is 18.3. The molecule has 1 saturated heterocycles. The summed E-state index contributed by atoms with van der Waals surface area (Å²) in [6.07, 6.45) is 2.26. The largest absolute Gasteiger partial charge is 0.339 e. The first kappa shape index (κ1) is 22.4. The molecular formula is C21H30N4O4S. The third-order valence-electron chi connectivity index (χ3n) is 5.10. The summed E-state index contributed by atoms with van der Waals surface area (Å²) in [5.74, 6) is 1.41. The standard InChI is InChI=1S/C21H30N4O4S/c1-14(2)8-20-22-19(23-29-20)6-7-25(30(5,27)28)18-12-24(13-18)21(26)17-10-15(3)9-16(4)11-17/h9-11,14,18H,6-8,12-13H2,1-5H3. The molecule has 0 atom stereocenters. The summed E-state index contributed by atoms with van der Waals surface area (Å²) in [5, 5.41) is 3.95. The Kier molecular flexibility index (Phi) is 6.62. The third-order valence-corrected chi connectivity index (χ3v) is 6.43. The number of nitrogens with zero attached hydrogens (tertiary/aromatic N) is 4. The quantitative estimate of drug-likeness (QED) is 0.632. The number of rotatable bonds is 8. The SMILES string of the molecule is Cc1cc(C)cc(C(=O)N2CC(N(CCc3noc(CC(C)C)n3)S(C)(=O)=O)C2)c1. The molecule has 9 heteroatoms. The number of sulfonamides is 1. The minimum atomic E-state index is -3.43. The van der Waals surface area contributed by atoms with Crippen molar-refractivity contribution in [3.05, 3.63) is 46.6 Å². The van der Waals surface area contributed by atoms with Gasteiger partial charge in [-0.1, -0.05) is 36.2 Å². The van der Waals surface area contributed by atoms with E-state index >= 15 is 0 Å². The maximum Gasteiger partial charge on any atom is 0.253 e. The van der Waals surface area contributed by atoms with Gasteiger partial charge >= 0.3 is 0 Å². The van der Waals surface area contributed by atoms with Gasteiger partial charge in [0.05, 0.1) is 12.3 Å². The normalized spacial score (nSPS) is 15.1. The fraction of sp³-hybridized carbons (Fsp3) is 0.571. The molecule has 0 saturated carbocycles. The minimum absolute atomic E-state index is 0.0667. The fourth-order valence-corrected chi connectivity index (χ4v) is 4.84. The topological polar surface area (TPSA) is 96.6 Å². The Bertz CT molecular complexity index is 990. The second-order valence-electron chi connectivity index (χ2n) is 8.57. The number of likely N-dealkylation sites (tertiary alicyclic amines) is 1. The molecule has 1 aliphatic rings. The lowest BCUT2D eigenvalue weighted by Crippen LogP contribution is -2.62. The molecule has 0 N–H and O–H groups in total. The van der Waals surface area contributed by atoms with Crippen LogP contribution in [-0.4, -0.2) is 65.6 Å². The number of hydrogen-bond donors (Lipinski definition) is 0. The first-order valence-electron chi connectivity index (χ1n) is 10.2. The van der Waals surface area contributed by atoms with E-state index in [4.69, 9.17) is 4.52 Å². The molecule has 1 amide bonds. The lowest BCUT2D eigenvalue weighted by atomic mass is 10.0. The number of aromatic nitrogens is 2. The predicted octanol–water partition coefficient (Wildman–Crippen LogP) is 2.21. The van der Waals surface area contributed by atoms with Gasteiger partial charge in [-0.3, -0.25) is 4.79 Å². The molecular weight excluding hydrogens is 404 g/mol. The number of carbonyl (C=O) groups excluding carboxylic acids is 1. The average molecular weight is 435 g/mol. The van der Waals surface area contributed by atoms with E-state index in [0.29, 0.717) is 49.1 Å². The van der Waals surface area contributed by atoms with Crippen LogP contribution in [0.15, 0.2) is 22.7 Å². The smallest absolute Gasteiger partial charge is 0.253 e. The molecule has 164 valence electrons. The van der Waals surface area contributed by atoms with Gasteiger partial charge in [-0.05, 0) is 31.9 Å². The summed E-state index contributed by atoms with van der Waals surface area (Å²) in [6.45, 7) is 9.06. The minimum Gasteiger partial charge on any atom is -0.339 e. The van der Waals surface area contributed by atoms with Crippen molar-refractivity contribution < 1.29 is 17.7 Å². The first-order chi connectivity index (χ1) is 14.0. The van der Waals surface area contributed by atoms with Crippen LogP contribution in [0.2, 0.25) is 0 Å². The second-order valence-corrected chi connectivity index (χ2v) is 10.5. The van der Waals surface area contributed by atoms with Crippen LogP contribution in [0.3, 0.4) is 0 Å². The highest BCUT2D eigenvalue weighted by atomic mass is 32.2. The lowest BCUT2D eigenvalue weighted by molar-refractivity contribution is 0.0454. The molecule has 1 aliphatic heterocycles. The molecule has 8 nitrogen and oxygen atoms in total. The van der Waals surface area contributed by atoms with Crippen molar-refractivity contribution in [2.75, 3.05) is 25.9 Å². The van der Waals surface area contributed by atoms with Gasteiger partial charge < -0.3 is 9.42 Å². The van der Waals surface area contributed by atoms with Crippen LogP contribution in [0, 0.1) is 19.8 Å². The van der Waals surface area contributed by atoms with Gasteiger partial charge in [-0.15, -0.1) is 0 Å². The molecule has 0 spiro atoms. The van der Waals surface area contributed by atoms with E-state index in [2.05, 4.69) is 24.0 Å². The summed E-state index contributed by atoms with van der Waals surface area (Å²) >= 11 is 0. The zero-order valence-corrected chi connectivity index (χ0v) is 19.1. The van der Waals surface area contributed by atoms with Gasteiger partial charge in [0, 0.05) is 38.0 Å². The van der Waals surface area contributed by atoms with Gasteiger partial charge in [-0.25, -0.2) is 8.42 Å². The van der Waals surface area contributed by atoms with Crippen molar-refractivity contribution in [3.8, 4) is 0 Å². The first-order valence-corrected chi connectivity index (χ1v) is 12.0. The van der Waals surface area contributed by atoms with Gasteiger partial charge in [0.15, 0.2) is 5.82 Å². The van der Waals surface area contributed by atoms with Crippen LogP contribution < -0.4 is 0 Å². The molecule has 0 aliphatic carbocycles. The monoisotopic (exact) mass is 434 g/mol. The Hall–Kier alpha value is -2.26. The predicted molar refractivity (Wildman–Crippen MR) is 114 cm³/mol. The molecule has 3 rings (SSSR count). The molecule has 2 heterocycles. The molecule has 0 radical (unpaired) electrons. The number of hydrogen-bond acceptors (Lipinski definition) is 6. The van der Waals surface area contributed by atoms with Crippen LogP contribution >= 0.6 is 0 Å². The lowest BCUT2D eigenvalue weighted by Gasteiger charge is -2.44. The second kappa shape index (κ2) is 8.85. The summed E-state index contributed by atoms with van der Waals surface area (Å²) in [5.41, 5.74) is 2.71. The summed E-state index contributed by atoms with van der Waals surface area (Å²) in [4.78, 5) is 18.8. The molecule has 30 heavy (non-hydrogen) atoms. The van der Waals surface area contributed by atoms with Crippen LogP contribution in [-0.2, 0) is 22.9 Å². The Morgan fingerprint density at radius 1 is 1.23 bits per heavy atom. The highest BCUT2D eigenvalue weighted by molar-refractivity contribution is 7.88. The van der Waals surface area contributed by atoms with Gasteiger partial charge in [-0.2, -0.15) is 9.29 Å². The number of benzene rings is 1. The van der Waals surface area contributed by atoms with Crippen molar-refractivity contribution >= 4 is 15.9 Å². The van der Waals surface area contributed by atoms with Crippen molar-refractivity contribution in [2.45, 2.75) is 46.6 Å². The van der Waals surface area contributed by atoms with Gasteiger partial charge in [0.2, 0.25) is 15.9 Å². The Labute approximate surface area is 178 Å². The highest BCUT2D eigenvalue weighted by Crippen LogP contribution is 2.22. The van der Waals surface area contributed by atoms with Crippen molar-refractivity contribution in [2.24, 2.45) is 5.92 Å². The van der Waals surface area contributed by atoms with E-state index in [0.717, 1.165) is 11.1 Å². The molecule has 1 aromatic heterocycles. The van der Waals surface area contributed by atoms with E-state index in [9.17, 15) is 13.2 Å². The zero-order chi connectivity index (χ0) is 22.1. The van der Waals surface area contributed by atoms with Crippen LogP contribution in [0.25, 0.3) is 0 Å². The van der Waals surface area contributed by atoms with E-state index in [1.54, 1.807) is 4.90 Å². The van der Waals surface area contributed by atoms with Gasteiger partial charge in [0.25, 0.3) is 5.91 Å². The maximum absolute atomic E-state index is 12.7. The number of aryl methyl sites for hydroxylation is 2. The fourth-order valence-electron chi connectivity index (χ4n) is 3.74. The van der Waals surface area contributed by atoms with E-state index in [-0.39, 0.29) is 18.5 Å². The Morgan fingerprint density at radius 3 is 2.43 bits per heavy atom. The molecule has 1 fully saturated rings. The van der Waals surface area contributed by atoms with Crippen LogP contribution in [0.1, 0.15) is 47.0 Å². The molecule has 0 unspecified atom stereocenters. The number of carbonyl (C=O) groups is 1. The van der Waals surface area contributed by atoms with Crippen molar-refractivity contribution in [1.29, 1.82) is 0 Å². The number of amides is 1. The van der Waals surface area contributed by atoms with Crippen molar-refractivity contribution in [1.82, 2.24) is 19.3 Å². The Morgan fingerprint density at radius 2 is 1.87 bits per heavy atom. The van der Waals surface area contributed by atoms with Crippen molar-refractivity contribution in [3.63, 3.8) is 0 Å². The van der Waals surface area contributed by atoms with Gasteiger partial charge in [0.1, 0.15) is 0 Å². The van der Waals surface area contributed by atoms with Crippen LogP contribution in [0.5, 0.6) is 0 Å². The summed E-state index contributed by atoms with van der Waals surface area (Å²) in [7, 11) is -3.43. The molecule has 1 aromatic carbocycles. The molecule has 2 aromatic rings. The van der Waals surface area contributed by atoms with E-state index in [1.807, 2.05) is 32.0 Å². The average Bonchev–Trinajstić information content (AvgIpc) is 3.00. The highest BCUT2D eigenvalue weighted by Gasteiger charge is 2.39. The third kappa shape index (κ3) is 5.46. The summed E-state index contributed by atoms with van der Waals surface area (Å²) in [6, 6.07) is 5.51. The summed E-state index contributed by atoms with van der Waals surface area (Å²) < 4.78 is 31.3. The van der Waals surface area contributed by atoms with E-state index in [1.165, 1.54) is 10.6 Å². The maximum atomic E-state index is 12.7. The Balaban J connectivity index is 1.61. The van der Waals surface area contributed by atoms with E-state index < -0.39 is 10.0 Å². The van der Waals surface area contributed by atoms with Crippen LogP contribution in [0.4, 0.5) is 0 Å².